The predicted molar refractivity (Wildman–Crippen MR) is 162 cm³/mol. The highest BCUT2D eigenvalue weighted by molar-refractivity contribution is 6.25. The summed E-state index contributed by atoms with van der Waals surface area (Å²) in [5.41, 5.74) is 10.4. The van der Waals surface area contributed by atoms with Crippen molar-refractivity contribution in [2.45, 2.75) is 19.9 Å². The number of anilines is 2. The van der Waals surface area contributed by atoms with Crippen molar-refractivity contribution in [1.82, 2.24) is 4.57 Å². The number of para-hydroxylation sites is 1. The van der Waals surface area contributed by atoms with Gasteiger partial charge in [0.05, 0.1) is 40.6 Å². The first-order valence-electron chi connectivity index (χ1n) is 13.3. The van der Waals surface area contributed by atoms with Gasteiger partial charge in [0.25, 0.3) is 0 Å². The average Bonchev–Trinajstić information content (AvgIpc) is 3.53. The van der Waals surface area contributed by atoms with Crippen molar-refractivity contribution in [2.24, 2.45) is 0 Å². The third-order valence-corrected chi connectivity index (χ3v) is 8.06. The Kier molecular flexibility index (Phi) is 4.49. The quantitative estimate of drug-likeness (QED) is 0.216. The summed E-state index contributed by atoms with van der Waals surface area (Å²) in [5.74, 6) is 0. The monoisotopic (exact) mass is 514 g/mol. The molecule has 188 valence electrons. The highest BCUT2D eigenvalue weighted by Gasteiger charge is 2.33. The minimum atomic E-state index is 0.123. The van der Waals surface area contributed by atoms with Gasteiger partial charge in [0.15, 0.2) is 11.3 Å². The van der Waals surface area contributed by atoms with Crippen LogP contribution in [-0.4, -0.2) is 10.6 Å². The van der Waals surface area contributed by atoms with Gasteiger partial charge in [-0.1, -0.05) is 48.5 Å². The van der Waals surface area contributed by atoms with E-state index >= 15 is 0 Å². The molecule has 2 aromatic heterocycles. The second kappa shape index (κ2) is 7.99. The van der Waals surface area contributed by atoms with E-state index in [9.17, 15) is 5.26 Å². The summed E-state index contributed by atoms with van der Waals surface area (Å²) >= 11 is 0. The van der Waals surface area contributed by atoms with E-state index in [4.69, 9.17) is 11.0 Å². The molecule has 0 saturated heterocycles. The first kappa shape index (κ1) is 22.5. The maximum absolute atomic E-state index is 9.77. The van der Waals surface area contributed by atoms with Crippen LogP contribution in [0.4, 0.5) is 17.1 Å². The topological polar surface area (TPSA) is 49.5 Å². The number of nitrogens with zero attached hydrogens (tertiary/aromatic N) is 4. The van der Waals surface area contributed by atoms with Crippen LogP contribution in [0.1, 0.15) is 19.4 Å². The molecule has 7 aromatic rings. The zero-order valence-electron chi connectivity index (χ0n) is 21.9. The number of hydrogen-bond donors (Lipinski definition) is 0. The number of benzene rings is 5. The van der Waals surface area contributed by atoms with Crippen LogP contribution >= 0.6 is 0 Å². The van der Waals surface area contributed by atoms with Gasteiger partial charge < -0.3 is 13.9 Å². The molecule has 0 bridgehead atoms. The van der Waals surface area contributed by atoms with E-state index in [1.807, 2.05) is 48.5 Å². The number of aromatic nitrogens is 1. The molecule has 0 N–H and O–H groups in total. The largest absolute Gasteiger partial charge is 0.454 e. The normalized spacial score (nSPS) is 12.4. The molecule has 0 unspecified atom stereocenters. The molecule has 5 heteroatoms. The number of furan rings is 1. The third-order valence-electron chi connectivity index (χ3n) is 8.06. The summed E-state index contributed by atoms with van der Waals surface area (Å²) in [6, 6.07) is 33.2. The molecule has 1 aliphatic heterocycles. The zero-order chi connectivity index (χ0) is 27.1. The van der Waals surface area contributed by atoms with Crippen molar-refractivity contribution in [3.63, 3.8) is 0 Å². The Morgan fingerprint density at radius 1 is 0.800 bits per heavy atom. The van der Waals surface area contributed by atoms with Crippen molar-refractivity contribution in [1.29, 1.82) is 5.26 Å². The van der Waals surface area contributed by atoms with Gasteiger partial charge in [0.2, 0.25) is 0 Å². The highest BCUT2D eigenvalue weighted by atomic mass is 16.3. The fraction of sp³-hybridized carbons (Fsp3) is 0.0857. The van der Waals surface area contributed by atoms with Crippen molar-refractivity contribution in [3.8, 4) is 22.9 Å². The zero-order valence-corrected chi connectivity index (χ0v) is 21.9. The highest BCUT2D eigenvalue weighted by Crippen LogP contribution is 2.52. The number of fused-ring (bicyclic) bond motifs is 9. The summed E-state index contributed by atoms with van der Waals surface area (Å²) in [4.78, 5) is 5.87. The summed E-state index contributed by atoms with van der Waals surface area (Å²) in [7, 11) is 0. The Labute approximate surface area is 230 Å². The lowest BCUT2D eigenvalue weighted by Crippen LogP contribution is -2.29. The van der Waals surface area contributed by atoms with Gasteiger partial charge in [0.1, 0.15) is 11.3 Å². The standard InChI is InChI=1S/C35H22N4O/c1-20(2)38-31-16-21(19-36)8-14-30(31)39-29-15-11-23(22-9-12-24(37-3)13-10-22)17-26(29)27-18-28-25-6-4-5-7-32(25)40-35(28)34(38)33(27)39/h4-18,20H,1-2H3. The molecule has 0 saturated carbocycles. The van der Waals surface area contributed by atoms with Crippen LogP contribution in [-0.2, 0) is 0 Å². The second-order valence-corrected chi connectivity index (χ2v) is 10.6. The average molecular weight is 515 g/mol. The fourth-order valence-electron chi connectivity index (χ4n) is 6.34. The predicted octanol–water partition coefficient (Wildman–Crippen LogP) is 9.63. The van der Waals surface area contributed by atoms with Crippen molar-refractivity contribution in [2.75, 3.05) is 4.90 Å². The Hall–Kier alpha value is -5.52. The van der Waals surface area contributed by atoms with E-state index < -0.39 is 0 Å². The van der Waals surface area contributed by atoms with Crippen LogP contribution in [0.2, 0.25) is 0 Å². The first-order valence-corrected chi connectivity index (χ1v) is 13.3. The molecule has 0 atom stereocenters. The van der Waals surface area contributed by atoms with Gasteiger partial charge in [-0.3, -0.25) is 0 Å². The molecular formula is C35H22N4O. The minimum Gasteiger partial charge on any atom is -0.454 e. The first-order chi connectivity index (χ1) is 19.6. The summed E-state index contributed by atoms with van der Waals surface area (Å²) in [5, 5.41) is 14.2. The Morgan fingerprint density at radius 3 is 2.38 bits per heavy atom. The molecular weight excluding hydrogens is 492 g/mol. The van der Waals surface area contributed by atoms with Gasteiger partial charge in [-0.15, -0.1) is 0 Å². The van der Waals surface area contributed by atoms with E-state index in [0.29, 0.717) is 11.3 Å². The van der Waals surface area contributed by atoms with E-state index in [2.05, 4.69) is 76.7 Å². The Balaban J connectivity index is 1.56. The molecule has 0 amide bonds. The lowest BCUT2D eigenvalue weighted by atomic mass is 10.0. The van der Waals surface area contributed by atoms with E-state index in [-0.39, 0.29) is 6.04 Å². The van der Waals surface area contributed by atoms with Crippen molar-refractivity contribution in [3.05, 3.63) is 108 Å². The van der Waals surface area contributed by atoms with Gasteiger partial charge in [-0.25, -0.2) is 4.85 Å². The third kappa shape index (κ3) is 2.89. The van der Waals surface area contributed by atoms with Crippen molar-refractivity contribution >= 4 is 60.8 Å². The molecule has 0 fully saturated rings. The summed E-state index contributed by atoms with van der Waals surface area (Å²) in [6.45, 7) is 11.7. The van der Waals surface area contributed by atoms with Gasteiger partial charge in [-0.2, -0.15) is 5.26 Å². The number of nitriles is 1. The van der Waals surface area contributed by atoms with Gasteiger partial charge in [0, 0.05) is 27.6 Å². The number of rotatable bonds is 2. The smallest absolute Gasteiger partial charge is 0.187 e. The summed E-state index contributed by atoms with van der Waals surface area (Å²) < 4.78 is 8.92. The Morgan fingerprint density at radius 2 is 1.60 bits per heavy atom. The van der Waals surface area contributed by atoms with Crippen LogP contribution in [0, 0.1) is 17.9 Å². The van der Waals surface area contributed by atoms with Crippen LogP contribution in [0.15, 0.2) is 95.4 Å². The lowest BCUT2D eigenvalue weighted by molar-refractivity contribution is 0.664. The second-order valence-electron chi connectivity index (χ2n) is 10.6. The van der Waals surface area contributed by atoms with Crippen LogP contribution in [0.5, 0.6) is 0 Å². The Bertz CT molecular complexity index is 2270. The van der Waals surface area contributed by atoms with E-state index in [1.165, 1.54) is 0 Å². The maximum atomic E-state index is 9.77. The molecule has 0 aliphatic carbocycles. The van der Waals surface area contributed by atoms with E-state index in [0.717, 1.165) is 71.9 Å². The molecule has 1 aliphatic rings. The summed E-state index contributed by atoms with van der Waals surface area (Å²) in [6.07, 6.45) is 0. The lowest BCUT2D eigenvalue weighted by Gasteiger charge is -2.36. The van der Waals surface area contributed by atoms with Crippen LogP contribution in [0.25, 0.3) is 65.4 Å². The fourth-order valence-corrected chi connectivity index (χ4v) is 6.34. The minimum absolute atomic E-state index is 0.123. The molecule has 3 heterocycles. The van der Waals surface area contributed by atoms with Crippen LogP contribution in [0.3, 0.4) is 0 Å². The molecule has 40 heavy (non-hydrogen) atoms. The van der Waals surface area contributed by atoms with Crippen LogP contribution < -0.4 is 4.90 Å². The molecule has 0 radical (unpaired) electrons. The van der Waals surface area contributed by atoms with Gasteiger partial charge >= 0.3 is 0 Å². The van der Waals surface area contributed by atoms with Crippen molar-refractivity contribution < 1.29 is 4.42 Å². The number of hydrogen-bond acceptors (Lipinski definition) is 3. The molecule has 5 aromatic carbocycles. The van der Waals surface area contributed by atoms with E-state index in [1.54, 1.807) is 0 Å². The SMILES string of the molecule is [C-]#[N+]c1ccc(-c2ccc3c(c2)c2cc4c(oc5ccccc54)c4c2n3-c2ccc(C#N)cc2N4C(C)C)cc1. The van der Waals surface area contributed by atoms with Gasteiger partial charge in [-0.05, 0) is 67.4 Å². The molecule has 0 spiro atoms. The maximum Gasteiger partial charge on any atom is 0.187 e. The molecule has 5 nitrogen and oxygen atoms in total. The molecule has 8 rings (SSSR count).